The molecule has 1 N–H and O–H groups in total. The lowest BCUT2D eigenvalue weighted by Gasteiger charge is -2.23. The Balaban J connectivity index is 1.91. The van der Waals surface area contributed by atoms with E-state index in [-0.39, 0.29) is 0 Å². The Bertz CT molecular complexity index is 151. The first-order valence-electron chi connectivity index (χ1n) is 5.51. The van der Waals surface area contributed by atoms with E-state index in [0.717, 1.165) is 23.9 Å². The number of piperidine rings is 1. The Morgan fingerprint density at radius 1 is 1.33 bits per heavy atom. The van der Waals surface area contributed by atoms with Crippen LogP contribution in [0.1, 0.15) is 46.0 Å². The van der Waals surface area contributed by atoms with Crippen molar-refractivity contribution in [2.75, 3.05) is 0 Å². The fraction of sp³-hybridized carbons (Fsp3) is 1.00. The number of rotatable bonds is 2. The third-order valence-corrected chi connectivity index (χ3v) is 3.45. The lowest BCUT2D eigenvalue weighted by atomic mass is 9.90. The molecule has 0 amide bonds. The summed E-state index contributed by atoms with van der Waals surface area (Å²) in [6, 6.07) is 1.76. The van der Waals surface area contributed by atoms with Gasteiger partial charge in [0.05, 0.1) is 0 Å². The van der Waals surface area contributed by atoms with Crippen LogP contribution in [0, 0.1) is 11.8 Å². The molecular formula is C11H21N. The Kier molecular flexibility index (Phi) is 2.40. The van der Waals surface area contributed by atoms with Gasteiger partial charge in [-0.15, -0.1) is 0 Å². The van der Waals surface area contributed by atoms with Crippen molar-refractivity contribution >= 4 is 0 Å². The Morgan fingerprint density at radius 3 is 2.83 bits per heavy atom. The van der Waals surface area contributed by atoms with Crippen LogP contribution in [0.15, 0.2) is 0 Å². The van der Waals surface area contributed by atoms with Crippen molar-refractivity contribution in [3.05, 3.63) is 0 Å². The van der Waals surface area contributed by atoms with Gasteiger partial charge in [-0.25, -0.2) is 0 Å². The van der Waals surface area contributed by atoms with Crippen molar-refractivity contribution in [1.82, 2.24) is 5.32 Å². The van der Waals surface area contributed by atoms with E-state index in [1.165, 1.54) is 32.1 Å². The number of nitrogens with one attached hydrogen (secondary N) is 1. The molecule has 1 heteroatoms. The second kappa shape index (κ2) is 3.37. The molecule has 12 heavy (non-hydrogen) atoms. The molecule has 3 atom stereocenters. The SMILES string of the molecule is CC(C)CC1CC2CCCC1N2. The van der Waals surface area contributed by atoms with Crippen LogP contribution in [0.2, 0.25) is 0 Å². The molecule has 0 saturated carbocycles. The first-order chi connectivity index (χ1) is 5.75. The van der Waals surface area contributed by atoms with Gasteiger partial charge in [0.2, 0.25) is 0 Å². The smallest absolute Gasteiger partial charge is 0.00986 e. The minimum Gasteiger partial charge on any atom is -0.311 e. The molecule has 2 aliphatic rings. The van der Waals surface area contributed by atoms with Gasteiger partial charge >= 0.3 is 0 Å². The van der Waals surface area contributed by atoms with Crippen molar-refractivity contribution in [1.29, 1.82) is 0 Å². The first kappa shape index (κ1) is 8.55. The Hall–Kier alpha value is -0.0400. The van der Waals surface area contributed by atoms with Crippen molar-refractivity contribution in [3.63, 3.8) is 0 Å². The van der Waals surface area contributed by atoms with E-state index in [0.29, 0.717) is 0 Å². The Morgan fingerprint density at radius 2 is 2.17 bits per heavy atom. The van der Waals surface area contributed by atoms with Gasteiger partial charge in [-0.3, -0.25) is 0 Å². The standard InChI is InChI=1S/C11H21N/c1-8(2)6-9-7-10-4-3-5-11(9)12-10/h8-12H,3-7H2,1-2H3. The predicted octanol–water partition coefficient (Wildman–Crippen LogP) is 2.56. The summed E-state index contributed by atoms with van der Waals surface area (Å²) in [6.45, 7) is 4.70. The molecule has 2 saturated heterocycles. The molecule has 2 fully saturated rings. The normalized spacial score (nSPS) is 40.8. The number of hydrogen-bond acceptors (Lipinski definition) is 1. The van der Waals surface area contributed by atoms with Crippen molar-refractivity contribution in [2.24, 2.45) is 11.8 Å². The van der Waals surface area contributed by atoms with E-state index in [9.17, 15) is 0 Å². The maximum absolute atomic E-state index is 3.75. The van der Waals surface area contributed by atoms with Gasteiger partial charge in [0.25, 0.3) is 0 Å². The largest absolute Gasteiger partial charge is 0.311 e. The van der Waals surface area contributed by atoms with Gasteiger partial charge in [-0.05, 0) is 37.5 Å². The van der Waals surface area contributed by atoms with Gasteiger partial charge < -0.3 is 5.32 Å². The predicted molar refractivity (Wildman–Crippen MR) is 52.1 cm³/mol. The highest BCUT2D eigenvalue weighted by Gasteiger charge is 2.35. The van der Waals surface area contributed by atoms with Gasteiger partial charge in [-0.1, -0.05) is 20.3 Å². The molecule has 2 bridgehead atoms. The summed E-state index contributed by atoms with van der Waals surface area (Å²) >= 11 is 0. The Labute approximate surface area is 75.9 Å². The van der Waals surface area contributed by atoms with E-state index in [4.69, 9.17) is 0 Å². The number of hydrogen-bond donors (Lipinski definition) is 1. The molecule has 2 aliphatic heterocycles. The minimum atomic E-state index is 0.881. The average Bonchev–Trinajstić information content (AvgIpc) is 2.26. The molecule has 1 nitrogen and oxygen atoms in total. The minimum absolute atomic E-state index is 0.881. The highest BCUT2D eigenvalue weighted by atomic mass is 15.0. The molecule has 70 valence electrons. The van der Waals surface area contributed by atoms with E-state index < -0.39 is 0 Å². The molecule has 2 rings (SSSR count). The topological polar surface area (TPSA) is 12.0 Å². The lowest BCUT2D eigenvalue weighted by Crippen LogP contribution is -2.35. The molecule has 0 spiro atoms. The summed E-state index contributed by atoms with van der Waals surface area (Å²) in [5.74, 6) is 1.88. The maximum Gasteiger partial charge on any atom is 0.00986 e. The quantitative estimate of drug-likeness (QED) is 0.666. The van der Waals surface area contributed by atoms with Crippen LogP contribution in [0.3, 0.4) is 0 Å². The second-order valence-corrected chi connectivity index (χ2v) is 5.03. The van der Waals surface area contributed by atoms with E-state index in [1.54, 1.807) is 0 Å². The van der Waals surface area contributed by atoms with Crippen LogP contribution >= 0.6 is 0 Å². The molecule has 0 radical (unpaired) electrons. The van der Waals surface area contributed by atoms with Crippen LogP contribution < -0.4 is 5.32 Å². The maximum atomic E-state index is 3.75. The first-order valence-corrected chi connectivity index (χ1v) is 5.51. The average molecular weight is 167 g/mol. The molecule has 0 aromatic rings. The summed E-state index contributed by atoms with van der Waals surface area (Å²) in [7, 11) is 0. The van der Waals surface area contributed by atoms with Crippen LogP contribution in [-0.2, 0) is 0 Å². The summed E-state index contributed by atoms with van der Waals surface area (Å²) in [6.07, 6.45) is 7.24. The number of fused-ring (bicyclic) bond motifs is 2. The van der Waals surface area contributed by atoms with Crippen LogP contribution in [-0.4, -0.2) is 12.1 Å². The molecule has 0 aliphatic carbocycles. The van der Waals surface area contributed by atoms with Crippen molar-refractivity contribution in [3.8, 4) is 0 Å². The molecular weight excluding hydrogens is 146 g/mol. The fourth-order valence-electron chi connectivity index (χ4n) is 3.01. The summed E-state index contributed by atoms with van der Waals surface area (Å²) in [5, 5.41) is 3.75. The van der Waals surface area contributed by atoms with Crippen LogP contribution in [0.4, 0.5) is 0 Å². The lowest BCUT2D eigenvalue weighted by molar-refractivity contribution is 0.339. The third-order valence-electron chi connectivity index (χ3n) is 3.45. The van der Waals surface area contributed by atoms with Crippen molar-refractivity contribution < 1.29 is 0 Å². The summed E-state index contributed by atoms with van der Waals surface area (Å²) < 4.78 is 0. The summed E-state index contributed by atoms with van der Waals surface area (Å²) in [5.41, 5.74) is 0. The molecule has 0 aromatic heterocycles. The second-order valence-electron chi connectivity index (χ2n) is 5.03. The molecule has 2 heterocycles. The summed E-state index contributed by atoms with van der Waals surface area (Å²) in [4.78, 5) is 0. The zero-order valence-electron chi connectivity index (χ0n) is 8.34. The van der Waals surface area contributed by atoms with Crippen LogP contribution in [0.5, 0.6) is 0 Å². The fourth-order valence-corrected chi connectivity index (χ4v) is 3.01. The highest BCUT2D eigenvalue weighted by Crippen LogP contribution is 2.35. The zero-order chi connectivity index (χ0) is 8.55. The van der Waals surface area contributed by atoms with Gasteiger partial charge in [0, 0.05) is 12.1 Å². The van der Waals surface area contributed by atoms with Gasteiger partial charge in [0.15, 0.2) is 0 Å². The highest BCUT2D eigenvalue weighted by molar-refractivity contribution is 4.94. The van der Waals surface area contributed by atoms with Gasteiger partial charge in [0.1, 0.15) is 0 Å². The van der Waals surface area contributed by atoms with Gasteiger partial charge in [-0.2, -0.15) is 0 Å². The zero-order valence-corrected chi connectivity index (χ0v) is 8.34. The molecule has 3 unspecified atom stereocenters. The third kappa shape index (κ3) is 1.66. The monoisotopic (exact) mass is 167 g/mol. The van der Waals surface area contributed by atoms with E-state index in [1.807, 2.05) is 0 Å². The van der Waals surface area contributed by atoms with Crippen LogP contribution in [0.25, 0.3) is 0 Å². The molecule has 0 aromatic carbocycles. The van der Waals surface area contributed by atoms with E-state index >= 15 is 0 Å². The van der Waals surface area contributed by atoms with E-state index in [2.05, 4.69) is 19.2 Å². The van der Waals surface area contributed by atoms with Crippen molar-refractivity contribution in [2.45, 2.75) is 58.0 Å².